The van der Waals surface area contributed by atoms with Gasteiger partial charge in [0.25, 0.3) is 0 Å². The molecule has 1 saturated carbocycles. The molecule has 1 aliphatic rings. The number of thiophene rings is 1. The first-order valence-electron chi connectivity index (χ1n) is 4.22. The van der Waals surface area contributed by atoms with Gasteiger partial charge in [0.05, 0.1) is 0 Å². The molecule has 0 atom stereocenters. The summed E-state index contributed by atoms with van der Waals surface area (Å²) in [7, 11) is -1.29. The molecule has 2 rings (SSSR count). The van der Waals surface area contributed by atoms with Gasteiger partial charge in [-0.1, -0.05) is 12.5 Å². The molecule has 1 fully saturated rings. The molecule has 12 heavy (non-hydrogen) atoms. The SMILES string of the molecule is OB(O)c1ccsc1C1CCC1. The van der Waals surface area contributed by atoms with E-state index in [0.29, 0.717) is 11.4 Å². The second-order valence-electron chi connectivity index (χ2n) is 3.24. The molecule has 0 aliphatic heterocycles. The third kappa shape index (κ3) is 1.30. The molecule has 0 unspecified atom stereocenters. The summed E-state index contributed by atoms with van der Waals surface area (Å²) in [5, 5.41) is 20.0. The van der Waals surface area contributed by atoms with Gasteiger partial charge in [-0.3, -0.25) is 0 Å². The first-order chi connectivity index (χ1) is 5.79. The van der Waals surface area contributed by atoms with Crippen molar-refractivity contribution in [2.24, 2.45) is 0 Å². The predicted octanol–water partition coefficient (Wildman–Crippen LogP) is 0.695. The normalized spacial score (nSPS) is 17.5. The van der Waals surface area contributed by atoms with Gasteiger partial charge in [-0.2, -0.15) is 0 Å². The van der Waals surface area contributed by atoms with Crippen LogP contribution in [0.3, 0.4) is 0 Å². The van der Waals surface area contributed by atoms with Crippen LogP contribution < -0.4 is 5.46 Å². The van der Waals surface area contributed by atoms with Crippen molar-refractivity contribution < 1.29 is 10.0 Å². The van der Waals surface area contributed by atoms with Crippen molar-refractivity contribution in [1.29, 1.82) is 0 Å². The number of rotatable bonds is 2. The molecule has 0 spiro atoms. The maximum Gasteiger partial charge on any atom is 0.489 e. The van der Waals surface area contributed by atoms with Crippen molar-refractivity contribution in [3.8, 4) is 0 Å². The van der Waals surface area contributed by atoms with Crippen molar-refractivity contribution in [3.05, 3.63) is 16.3 Å². The molecule has 1 aromatic heterocycles. The van der Waals surface area contributed by atoms with E-state index in [1.165, 1.54) is 24.1 Å². The van der Waals surface area contributed by atoms with Crippen molar-refractivity contribution in [1.82, 2.24) is 0 Å². The Hall–Kier alpha value is -0.315. The molecular formula is C8H11BO2S. The molecule has 1 aromatic rings. The molecule has 64 valence electrons. The zero-order valence-corrected chi connectivity index (χ0v) is 7.55. The molecule has 0 saturated heterocycles. The Labute approximate surface area is 76.0 Å². The van der Waals surface area contributed by atoms with Crippen LogP contribution in [0.25, 0.3) is 0 Å². The summed E-state index contributed by atoms with van der Waals surface area (Å²) in [5.41, 5.74) is 0.713. The third-order valence-electron chi connectivity index (χ3n) is 2.48. The van der Waals surface area contributed by atoms with Crippen LogP contribution in [0.1, 0.15) is 30.1 Å². The summed E-state index contributed by atoms with van der Waals surface area (Å²) < 4.78 is 0. The third-order valence-corrected chi connectivity index (χ3v) is 3.58. The molecular weight excluding hydrogens is 171 g/mol. The minimum Gasteiger partial charge on any atom is -0.423 e. The summed E-state index contributed by atoms with van der Waals surface area (Å²) in [5.74, 6) is 0.599. The lowest BCUT2D eigenvalue weighted by atomic mass is 9.74. The topological polar surface area (TPSA) is 40.5 Å². The molecule has 0 amide bonds. The highest BCUT2D eigenvalue weighted by molar-refractivity contribution is 7.11. The van der Waals surface area contributed by atoms with E-state index in [1.807, 2.05) is 11.4 Å². The second-order valence-corrected chi connectivity index (χ2v) is 4.19. The molecule has 1 aliphatic carbocycles. The summed E-state index contributed by atoms with van der Waals surface area (Å²) in [6.07, 6.45) is 3.70. The molecule has 2 N–H and O–H groups in total. The number of hydrogen-bond acceptors (Lipinski definition) is 3. The van der Waals surface area contributed by atoms with Crippen LogP contribution in [0.15, 0.2) is 11.4 Å². The van der Waals surface area contributed by atoms with Gasteiger partial charge in [-0.15, -0.1) is 11.3 Å². The van der Waals surface area contributed by atoms with Crippen molar-refractivity contribution in [3.63, 3.8) is 0 Å². The Bertz CT molecular complexity index is 268. The molecule has 4 heteroatoms. The lowest BCUT2D eigenvalue weighted by Crippen LogP contribution is -2.33. The quantitative estimate of drug-likeness (QED) is 0.660. The Morgan fingerprint density at radius 3 is 2.67 bits per heavy atom. The van der Waals surface area contributed by atoms with Gasteiger partial charge in [-0.05, 0) is 29.6 Å². The van der Waals surface area contributed by atoms with E-state index in [-0.39, 0.29) is 0 Å². The molecule has 0 bridgehead atoms. The summed E-state index contributed by atoms with van der Waals surface area (Å²) in [4.78, 5) is 1.18. The van der Waals surface area contributed by atoms with Crippen molar-refractivity contribution in [2.75, 3.05) is 0 Å². The molecule has 1 heterocycles. The first kappa shape index (κ1) is 8.29. The smallest absolute Gasteiger partial charge is 0.423 e. The van der Waals surface area contributed by atoms with Crippen LogP contribution in [0.4, 0.5) is 0 Å². The maximum atomic E-state index is 9.02. The van der Waals surface area contributed by atoms with E-state index >= 15 is 0 Å². The second kappa shape index (κ2) is 3.20. The lowest BCUT2D eigenvalue weighted by molar-refractivity contribution is 0.414. The van der Waals surface area contributed by atoms with Crippen molar-refractivity contribution >= 4 is 23.9 Å². The van der Waals surface area contributed by atoms with Gasteiger partial charge in [-0.25, -0.2) is 0 Å². The zero-order valence-electron chi connectivity index (χ0n) is 6.73. The average molecular weight is 182 g/mol. The van der Waals surface area contributed by atoms with Crippen molar-refractivity contribution in [2.45, 2.75) is 25.2 Å². The van der Waals surface area contributed by atoms with E-state index in [2.05, 4.69) is 0 Å². The summed E-state index contributed by atoms with van der Waals surface area (Å²) >= 11 is 1.64. The average Bonchev–Trinajstić information content (AvgIpc) is 2.31. The minimum atomic E-state index is -1.29. The zero-order chi connectivity index (χ0) is 8.55. The van der Waals surface area contributed by atoms with Gasteiger partial charge in [0.15, 0.2) is 0 Å². The minimum absolute atomic E-state index is 0.599. The van der Waals surface area contributed by atoms with E-state index in [9.17, 15) is 0 Å². The Kier molecular flexibility index (Phi) is 2.21. The number of hydrogen-bond donors (Lipinski definition) is 2. The largest absolute Gasteiger partial charge is 0.489 e. The van der Waals surface area contributed by atoms with E-state index in [0.717, 1.165) is 0 Å². The van der Waals surface area contributed by atoms with Crippen LogP contribution in [0.5, 0.6) is 0 Å². The van der Waals surface area contributed by atoms with Crippen LogP contribution >= 0.6 is 11.3 Å². The fraction of sp³-hybridized carbons (Fsp3) is 0.500. The first-order valence-corrected chi connectivity index (χ1v) is 5.10. The van der Waals surface area contributed by atoms with Gasteiger partial charge in [0, 0.05) is 4.88 Å². The maximum absolute atomic E-state index is 9.02. The fourth-order valence-corrected chi connectivity index (χ4v) is 2.65. The van der Waals surface area contributed by atoms with E-state index < -0.39 is 7.12 Å². The van der Waals surface area contributed by atoms with Crippen LogP contribution in [-0.2, 0) is 0 Å². The van der Waals surface area contributed by atoms with Crippen LogP contribution in [-0.4, -0.2) is 17.2 Å². The monoisotopic (exact) mass is 182 g/mol. The van der Waals surface area contributed by atoms with Gasteiger partial charge >= 0.3 is 7.12 Å². The molecule has 0 aromatic carbocycles. The molecule has 2 nitrogen and oxygen atoms in total. The lowest BCUT2D eigenvalue weighted by Gasteiger charge is -2.25. The summed E-state index contributed by atoms with van der Waals surface area (Å²) in [6.45, 7) is 0. The van der Waals surface area contributed by atoms with Crippen LogP contribution in [0.2, 0.25) is 0 Å². The standard InChI is InChI=1S/C8H11BO2S/c10-9(11)7-4-5-12-8(7)6-2-1-3-6/h4-6,10-11H,1-3H2. The Balaban J connectivity index is 2.23. The predicted molar refractivity (Wildman–Crippen MR) is 50.7 cm³/mol. The van der Waals surface area contributed by atoms with E-state index in [1.54, 1.807) is 11.3 Å². The summed E-state index contributed by atoms with van der Waals surface area (Å²) in [6, 6.07) is 1.81. The van der Waals surface area contributed by atoms with Gasteiger partial charge in [0.1, 0.15) is 0 Å². The highest BCUT2D eigenvalue weighted by Crippen LogP contribution is 2.37. The van der Waals surface area contributed by atoms with E-state index in [4.69, 9.17) is 10.0 Å². The fourth-order valence-electron chi connectivity index (χ4n) is 1.55. The highest BCUT2D eigenvalue weighted by atomic mass is 32.1. The van der Waals surface area contributed by atoms with Gasteiger partial charge < -0.3 is 10.0 Å². The van der Waals surface area contributed by atoms with Gasteiger partial charge in [0.2, 0.25) is 0 Å². The Morgan fingerprint density at radius 1 is 1.42 bits per heavy atom. The molecule has 0 radical (unpaired) electrons. The highest BCUT2D eigenvalue weighted by Gasteiger charge is 2.27. The Morgan fingerprint density at radius 2 is 2.17 bits per heavy atom. The van der Waals surface area contributed by atoms with Crippen LogP contribution in [0, 0.1) is 0 Å².